The molecule has 164 valence electrons. The minimum absolute atomic E-state index is 0.0224. The van der Waals surface area contributed by atoms with Crippen molar-refractivity contribution < 1.29 is 31.9 Å². The van der Waals surface area contributed by atoms with Crippen LogP contribution in [0.15, 0.2) is 48.8 Å². The Morgan fingerprint density at radius 3 is 2.38 bits per heavy atom. The van der Waals surface area contributed by atoms with Crippen LogP contribution in [0.2, 0.25) is 0 Å². The van der Waals surface area contributed by atoms with Crippen LogP contribution in [0.25, 0.3) is 16.9 Å². The summed E-state index contributed by atoms with van der Waals surface area (Å²) < 4.78 is 68.8. The van der Waals surface area contributed by atoms with E-state index in [1.165, 1.54) is 12.1 Å². The highest BCUT2D eigenvalue weighted by Crippen LogP contribution is 2.33. The Labute approximate surface area is 176 Å². The first-order chi connectivity index (χ1) is 15.1. The van der Waals surface area contributed by atoms with Crippen molar-refractivity contribution in [2.45, 2.75) is 12.7 Å². The Balaban J connectivity index is 1.69. The molecule has 2 heterocycles. The van der Waals surface area contributed by atoms with Crippen molar-refractivity contribution in [3.05, 3.63) is 77.4 Å². The molecule has 2 aromatic carbocycles. The van der Waals surface area contributed by atoms with E-state index in [1.807, 2.05) is 0 Å². The van der Waals surface area contributed by atoms with Crippen LogP contribution < -0.4 is 5.32 Å². The van der Waals surface area contributed by atoms with Gasteiger partial charge in [-0.05, 0) is 30.3 Å². The summed E-state index contributed by atoms with van der Waals surface area (Å²) in [4.78, 5) is 22.6. The van der Waals surface area contributed by atoms with Gasteiger partial charge in [0.15, 0.2) is 5.82 Å². The highest BCUT2D eigenvalue weighted by atomic mass is 19.4. The minimum Gasteiger partial charge on any atom is -0.478 e. The fraction of sp³-hybridized carbons (Fsp3) is 0.100. The summed E-state index contributed by atoms with van der Waals surface area (Å²) >= 11 is 0. The van der Waals surface area contributed by atoms with E-state index in [0.717, 1.165) is 36.7 Å². The lowest BCUT2D eigenvalue weighted by Crippen LogP contribution is -2.15. The number of fused-ring (bicyclic) bond motifs is 1. The molecule has 0 spiro atoms. The number of anilines is 1. The van der Waals surface area contributed by atoms with Crippen LogP contribution in [-0.2, 0) is 12.7 Å². The highest BCUT2D eigenvalue weighted by molar-refractivity contribution is 5.92. The van der Waals surface area contributed by atoms with Gasteiger partial charge in [-0.1, -0.05) is 6.07 Å². The summed E-state index contributed by atoms with van der Waals surface area (Å²) in [6.45, 7) is -0.258. The number of alkyl halides is 3. The third-order valence-corrected chi connectivity index (χ3v) is 4.53. The molecule has 2 N–H and O–H groups in total. The molecule has 0 radical (unpaired) electrons. The summed E-state index contributed by atoms with van der Waals surface area (Å²) in [5.41, 5.74) is -0.656. The van der Waals surface area contributed by atoms with Gasteiger partial charge in [-0.3, -0.25) is 4.57 Å². The molecule has 12 heteroatoms. The second kappa shape index (κ2) is 7.87. The number of nitrogens with zero attached hydrogens (tertiary/aromatic N) is 4. The molecule has 4 rings (SSSR count). The van der Waals surface area contributed by atoms with E-state index in [0.29, 0.717) is 4.57 Å². The van der Waals surface area contributed by atoms with E-state index in [2.05, 4.69) is 20.3 Å². The van der Waals surface area contributed by atoms with Crippen LogP contribution in [0.4, 0.5) is 27.8 Å². The maximum absolute atomic E-state index is 13.7. The zero-order chi connectivity index (χ0) is 23.0. The summed E-state index contributed by atoms with van der Waals surface area (Å²) in [6.07, 6.45) is -2.73. The number of hydrogen-bond donors (Lipinski definition) is 2. The number of aromatic carboxylic acids is 1. The van der Waals surface area contributed by atoms with Crippen LogP contribution in [0.1, 0.15) is 21.7 Å². The van der Waals surface area contributed by atoms with Gasteiger partial charge in [0.25, 0.3) is 0 Å². The fourth-order valence-electron chi connectivity index (χ4n) is 3.04. The lowest BCUT2D eigenvalue weighted by Gasteiger charge is -2.11. The minimum atomic E-state index is -4.86. The van der Waals surface area contributed by atoms with E-state index in [-0.39, 0.29) is 40.3 Å². The monoisotopic (exact) mass is 449 g/mol. The molecule has 0 saturated heterocycles. The second-order valence-electron chi connectivity index (χ2n) is 6.59. The van der Waals surface area contributed by atoms with Gasteiger partial charge in [0.05, 0.1) is 29.0 Å². The smallest absolute Gasteiger partial charge is 0.450 e. The number of carbonyl (C=O) groups is 1. The van der Waals surface area contributed by atoms with E-state index in [9.17, 15) is 26.7 Å². The van der Waals surface area contributed by atoms with Crippen LogP contribution in [0, 0.1) is 11.6 Å². The maximum atomic E-state index is 13.7. The SMILES string of the molecule is O=C(O)c1ccc2c(c1)nc(C(F)(F)F)n2-c1cnc(NCc2c(F)cccc2F)cn1. The van der Waals surface area contributed by atoms with Crippen LogP contribution >= 0.6 is 0 Å². The molecule has 0 aliphatic rings. The number of halogens is 5. The number of imidazole rings is 1. The normalized spacial score (nSPS) is 11.7. The zero-order valence-electron chi connectivity index (χ0n) is 15.9. The van der Waals surface area contributed by atoms with E-state index in [1.54, 1.807) is 0 Å². The molecule has 0 bridgehead atoms. The highest BCUT2D eigenvalue weighted by Gasteiger charge is 2.38. The molecule has 0 amide bonds. The van der Waals surface area contributed by atoms with E-state index >= 15 is 0 Å². The van der Waals surface area contributed by atoms with Crippen LogP contribution in [0.3, 0.4) is 0 Å². The van der Waals surface area contributed by atoms with Gasteiger partial charge >= 0.3 is 12.1 Å². The number of carboxylic acids is 1. The van der Waals surface area contributed by atoms with Crippen molar-refractivity contribution in [2.24, 2.45) is 0 Å². The predicted molar refractivity (Wildman–Crippen MR) is 102 cm³/mol. The molecular weight excluding hydrogens is 437 g/mol. The molecule has 0 saturated carbocycles. The van der Waals surface area contributed by atoms with Crippen LogP contribution in [0.5, 0.6) is 0 Å². The van der Waals surface area contributed by atoms with Gasteiger partial charge < -0.3 is 10.4 Å². The quantitative estimate of drug-likeness (QED) is 0.438. The lowest BCUT2D eigenvalue weighted by molar-refractivity contribution is -0.145. The molecule has 2 aromatic heterocycles. The number of carboxylic acid groups (broad SMARTS) is 1. The Morgan fingerprint density at radius 2 is 1.78 bits per heavy atom. The third kappa shape index (κ3) is 3.94. The molecular formula is C20H12F5N5O2. The third-order valence-electron chi connectivity index (χ3n) is 4.53. The number of rotatable bonds is 5. The summed E-state index contributed by atoms with van der Waals surface area (Å²) in [5.74, 6) is -4.30. The van der Waals surface area contributed by atoms with Crippen molar-refractivity contribution in [1.29, 1.82) is 0 Å². The largest absolute Gasteiger partial charge is 0.478 e. The fourth-order valence-corrected chi connectivity index (χ4v) is 3.04. The number of nitrogens with one attached hydrogen (secondary N) is 1. The van der Waals surface area contributed by atoms with Gasteiger partial charge in [0.1, 0.15) is 17.5 Å². The first-order valence-electron chi connectivity index (χ1n) is 8.97. The summed E-state index contributed by atoms with van der Waals surface area (Å²) in [6, 6.07) is 6.76. The van der Waals surface area contributed by atoms with E-state index < -0.39 is 29.6 Å². The van der Waals surface area contributed by atoms with E-state index in [4.69, 9.17) is 5.11 Å². The van der Waals surface area contributed by atoms with Crippen LogP contribution in [-0.4, -0.2) is 30.6 Å². The topological polar surface area (TPSA) is 92.9 Å². The molecule has 0 unspecified atom stereocenters. The number of benzene rings is 2. The maximum Gasteiger partial charge on any atom is 0.450 e. The standard InChI is InChI=1S/C20H12F5N5O2/c21-12-2-1-3-13(22)11(12)7-26-16-8-28-17(9-27-16)30-15-5-4-10(18(31)32)6-14(15)29-19(30)20(23,24)25/h1-6,8-9H,7H2,(H,26,27)(H,31,32). The summed E-state index contributed by atoms with van der Waals surface area (Å²) in [7, 11) is 0. The molecule has 4 aromatic rings. The van der Waals surface area contributed by atoms with Crippen molar-refractivity contribution >= 4 is 22.8 Å². The van der Waals surface area contributed by atoms with Crippen molar-refractivity contribution in [1.82, 2.24) is 19.5 Å². The molecule has 7 nitrogen and oxygen atoms in total. The number of aromatic nitrogens is 4. The van der Waals surface area contributed by atoms with Crippen molar-refractivity contribution in [3.8, 4) is 5.82 Å². The molecule has 0 aliphatic heterocycles. The average Bonchev–Trinajstić information content (AvgIpc) is 3.13. The molecule has 0 atom stereocenters. The molecule has 0 aliphatic carbocycles. The zero-order valence-corrected chi connectivity index (χ0v) is 15.9. The lowest BCUT2D eigenvalue weighted by atomic mass is 10.2. The molecule has 0 fully saturated rings. The molecule has 32 heavy (non-hydrogen) atoms. The van der Waals surface area contributed by atoms with Crippen molar-refractivity contribution in [2.75, 3.05) is 5.32 Å². The Bertz CT molecular complexity index is 1300. The Kier molecular flexibility index (Phi) is 5.20. The average molecular weight is 449 g/mol. The first-order valence-corrected chi connectivity index (χ1v) is 8.97. The number of hydrogen-bond acceptors (Lipinski definition) is 5. The second-order valence-corrected chi connectivity index (χ2v) is 6.59. The summed E-state index contributed by atoms with van der Waals surface area (Å²) in [5, 5.41) is 11.7. The van der Waals surface area contributed by atoms with Gasteiger partial charge in [-0.2, -0.15) is 13.2 Å². The predicted octanol–water partition coefficient (Wildman–Crippen LogP) is 4.42. The van der Waals surface area contributed by atoms with Crippen molar-refractivity contribution in [3.63, 3.8) is 0 Å². The first kappa shape index (κ1) is 21.2. The van der Waals surface area contributed by atoms with Gasteiger partial charge in [-0.15, -0.1) is 0 Å². The van der Waals surface area contributed by atoms with Gasteiger partial charge in [0.2, 0.25) is 5.82 Å². The van der Waals surface area contributed by atoms with Gasteiger partial charge in [-0.25, -0.2) is 28.5 Å². The Hall–Kier alpha value is -4.09. The van der Waals surface area contributed by atoms with Gasteiger partial charge in [0, 0.05) is 12.1 Å². The Morgan fingerprint density at radius 1 is 1.06 bits per heavy atom.